The van der Waals surface area contributed by atoms with Gasteiger partial charge in [0.05, 0.1) is 42.7 Å². The van der Waals surface area contributed by atoms with Gasteiger partial charge in [0.25, 0.3) is 0 Å². The summed E-state index contributed by atoms with van der Waals surface area (Å²) in [6.45, 7) is 14.2. The number of carboxylic acids is 1. The molecular weight excluding hydrogens is 678 g/mol. The van der Waals surface area contributed by atoms with Crippen LogP contribution in [0.3, 0.4) is 0 Å². The van der Waals surface area contributed by atoms with Crippen molar-refractivity contribution in [3.8, 4) is 0 Å². The number of rotatable bonds is 22. The Labute approximate surface area is 318 Å². The van der Waals surface area contributed by atoms with Crippen molar-refractivity contribution in [2.24, 2.45) is 23.7 Å². The monoisotopic (exact) mass is 748 g/mol. The van der Waals surface area contributed by atoms with E-state index in [0.29, 0.717) is 13.0 Å². The summed E-state index contributed by atoms with van der Waals surface area (Å²) in [5, 5.41) is 27.5. The van der Waals surface area contributed by atoms with E-state index < -0.39 is 54.4 Å². The van der Waals surface area contributed by atoms with Gasteiger partial charge in [0.2, 0.25) is 17.7 Å². The maximum atomic E-state index is 14.2. The summed E-state index contributed by atoms with van der Waals surface area (Å²) in [4.78, 5) is 58.7. The average Bonchev–Trinajstić information content (AvgIpc) is 3.59. The second-order valence-electron chi connectivity index (χ2n) is 15.7. The fourth-order valence-corrected chi connectivity index (χ4v) is 7.94. The van der Waals surface area contributed by atoms with E-state index in [1.165, 1.54) is 7.11 Å². The van der Waals surface area contributed by atoms with E-state index in [0.717, 1.165) is 18.4 Å². The first kappa shape index (κ1) is 46.1. The van der Waals surface area contributed by atoms with Gasteiger partial charge in [-0.05, 0) is 57.3 Å². The smallest absolute Gasteiger partial charge is 0.326 e. The minimum atomic E-state index is -1.13. The fraction of sp³-hybridized carbons (Fsp3) is 0.750. The van der Waals surface area contributed by atoms with Crippen LogP contribution in [0.5, 0.6) is 0 Å². The lowest BCUT2D eigenvalue weighted by molar-refractivity contribution is -0.147. The van der Waals surface area contributed by atoms with E-state index >= 15 is 0 Å². The minimum absolute atomic E-state index is 0.0176. The van der Waals surface area contributed by atoms with E-state index in [1.807, 2.05) is 89.0 Å². The molecule has 302 valence electrons. The molecule has 0 aliphatic carbocycles. The Morgan fingerprint density at radius 1 is 0.925 bits per heavy atom. The second-order valence-corrected chi connectivity index (χ2v) is 15.7. The Kier molecular flexibility index (Phi) is 18.9. The average molecular weight is 748 g/mol. The highest BCUT2D eigenvalue weighted by Gasteiger charge is 2.43. The molecule has 1 aromatic rings. The van der Waals surface area contributed by atoms with Gasteiger partial charge >= 0.3 is 5.97 Å². The highest BCUT2D eigenvalue weighted by molar-refractivity contribution is 5.85. The number of aliphatic carboxylic acids is 1. The maximum absolute atomic E-state index is 14.2. The zero-order valence-electron chi connectivity index (χ0n) is 34.2. The summed E-state index contributed by atoms with van der Waals surface area (Å²) >= 11 is 0. The number of likely N-dealkylation sites (N-methyl/N-ethyl adjacent to an activating group) is 2. The zero-order valence-corrected chi connectivity index (χ0v) is 34.2. The molecule has 8 unspecified atom stereocenters. The number of hydrogen-bond donors (Lipinski definition) is 4. The summed E-state index contributed by atoms with van der Waals surface area (Å²) in [5.41, 5.74) is 0.791. The maximum Gasteiger partial charge on any atom is 0.326 e. The van der Waals surface area contributed by atoms with Gasteiger partial charge in [-0.2, -0.15) is 0 Å². The summed E-state index contributed by atoms with van der Waals surface area (Å²) in [7, 11) is 8.63. The van der Waals surface area contributed by atoms with Crippen LogP contribution in [0.1, 0.15) is 79.7 Å². The number of likely N-dealkylation sites (tertiary alicyclic amines) is 1. The molecule has 10 atom stereocenters. The molecule has 4 N–H and O–H groups in total. The number of methoxy groups -OCH3 is 2. The molecule has 0 aromatic heterocycles. The normalized spacial score (nSPS) is 20.1. The number of ether oxygens (including phenoxy) is 2. The Balaban J connectivity index is 2.27. The third kappa shape index (κ3) is 12.5. The van der Waals surface area contributed by atoms with Crippen molar-refractivity contribution in [2.75, 3.05) is 41.9 Å². The molecule has 1 saturated heterocycles. The third-order valence-electron chi connectivity index (χ3n) is 11.1. The van der Waals surface area contributed by atoms with Gasteiger partial charge in [-0.3, -0.25) is 24.2 Å². The third-order valence-corrected chi connectivity index (χ3v) is 11.1. The number of nitrogens with one attached hydrogen (secondary N) is 2. The van der Waals surface area contributed by atoms with Crippen LogP contribution >= 0.6 is 0 Å². The van der Waals surface area contributed by atoms with Crippen molar-refractivity contribution in [1.29, 1.82) is 0 Å². The van der Waals surface area contributed by atoms with Crippen molar-refractivity contribution in [3.05, 3.63) is 35.9 Å². The van der Waals surface area contributed by atoms with Crippen molar-refractivity contribution >= 4 is 23.7 Å². The number of hydrogen-bond acceptors (Lipinski definition) is 9. The summed E-state index contributed by atoms with van der Waals surface area (Å²) in [6.07, 6.45) is -0.0496. The number of carbonyl (C=O) groups is 4. The number of benzene rings is 1. The van der Waals surface area contributed by atoms with Crippen molar-refractivity contribution in [1.82, 2.24) is 25.3 Å². The summed E-state index contributed by atoms with van der Waals surface area (Å²) in [6, 6.07) is 6.27. The van der Waals surface area contributed by atoms with Crippen LogP contribution in [0.15, 0.2) is 30.3 Å². The minimum Gasteiger partial charge on any atom is -0.480 e. The van der Waals surface area contributed by atoms with Gasteiger partial charge in [-0.15, -0.1) is 0 Å². The second kappa shape index (κ2) is 21.7. The molecule has 2 rings (SSSR count). The topological polar surface area (TPSA) is 161 Å². The van der Waals surface area contributed by atoms with E-state index in [2.05, 4.69) is 24.5 Å². The summed E-state index contributed by atoms with van der Waals surface area (Å²) in [5.74, 6) is -2.65. The molecule has 13 heteroatoms. The molecule has 53 heavy (non-hydrogen) atoms. The Hall–Kier alpha value is -3.10. The van der Waals surface area contributed by atoms with Crippen LogP contribution in [-0.2, 0) is 35.1 Å². The molecular formula is C40H69N5O8. The Morgan fingerprint density at radius 2 is 1.55 bits per heavy atom. The Bertz CT molecular complexity index is 1290. The molecule has 0 radical (unpaired) electrons. The zero-order chi connectivity index (χ0) is 40.2. The number of carbonyl (C=O) groups excluding carboxylic acids is 3. The molecule has 1 aromatic carbocycles. The SMILES string of the molecule is CC[C@H](C)C(C(CC(=O)N1CCCC1C(OC)C(C)C(=O)NC(Cc1ccccc1)C(=O)O)OC)N(C)C(O)[C@@H](NC(=O)C(C(C)C)N(C)C)C(C)C. The van der Waals surface area contributed by atoms with Crippen LogP contribution in [0.4, 0.5) is 0 Å². The number of amides is 3. The van der Waals surface area contributed by atoms with Crippen molar-refractivity contribution in [3.63, 3.8) is 0 Å². The predicted molar refractivity (Wildman–Crippen MR) is 206 cm³/mol. The fourth-order valence-electron chi connectivity index (χ4n) is 7.94. The lowest BCUT2D eigenvalue weighted by atomic mass is 9.89. The molecule has 1 heterocycles. The Morgan fingerprint density at radius 3 is 2.04 bits per heavy atom. The number of aliphatic hydroxyl groups excluding tert-OH is 1. The first-order chi connectivity index (χ1) is 24.9. The number of aliphatic hydroxyl groups is 1. The molecule has 0 spiro atoms. The lowest BCUT2D eigenvalue weighted by Crippen LogP contribution is -2.61. The van der Waals surface area contributed by atoms with Crippen molar-refractivity contribution in [2.45, 2.75) is 129 Å². The quantitative estimate of drug-likeness (QED) is 0.130. The molecule has 0 saturated carbocycles. The molecule has 13 nitrogen and oxygen atoms in total. The first-order valence-corrected chi connectivity index (χ1v) is 19.2. The standard InChI is InChI=1S/C40H69N5O8/c1-13-26(6)35(44(10)39(49)33(24(2)3)42-38(48)34(25(4)5)43(8)9)31(52-11)23-32(46)45-21-17-20-30(45)36(53-12)27(7)37(47)41-29(40(50)51)22-28-18-15-14-16-19-28/h14-16,18-19,24-27,29-31,33-36,39,49H,13,17,20-23H2,1-12H3,(H,41,47)(H,42,48)(H,50,51)/t26-,27?,29?,30?,31?,33-,34?,35?,36?,39?/m0/s1. The van der Waals surface area contributed by atoms with Crippen molar-refractivity contribution < 1.29 is 38.9 Å². The van der Waals surface area contributed by atoms with Crippen LogP contribution in [0, 0.1) is 23.7 Å². The van der Waals surface area contributed by atoms with E-state index in [-0.39, 0.29) is 54.5 Å². The van der Waals surface area contributed by atoms with Crippen LogP contribution < -0.4 is 10.6 Å². The van der Waals surface area contributed by atoms with Crippen LogP contribution in [0.2, 0.25) is 0 Å². The van der Waals surface area contributed by atoms with Gasteiger partial charge in [0.15, 0.2) is 0 Å². The first-order valence-electron chi connectivity index (χ1n) is 19.2. The van der Waals surface area contributed by atoms with Crippen LogP contribution in [-0.4, -0.2) is 139 Å². The van der Waals surface area contributed by atoms with Gasteiger partial charge < -0.3 is 35.2 Å². The van der Waals surface area contributed by atoms with Gasteiger partial charge in [-0.25, -0.2) is 4.79 Å². The summed E-state index contributed by atoms with van der Waals surface area (Å²) < 4.78 is 11.9. The van der Waals surface area contributed by atoms with E-state index in [9.17, 15) is 29.4 Å². The van der Waals surface area contributed by atoms with Gasteiger partial charge in [-0.1, -0.05) is 85.2 Å². The predicted octanol–water partition coefficient (Wildman–Crippen LogP) is 3.24. The molecule has 3 amide bonds. The van der Waals surface area contributed by atoms with Gasteiger partial charge in [0.1, 0.15) is 12.3 Å². The van der Waals surface area contributed by atoms with E-state index in [1.54, 1.807) is 18.9 Å². The largest absolute Gasteiger partial charge is 0.480 e. The van der Waals surface area contributed by atoms with E-state index in [4.69, 9.17) is 9.47 Å². The van der Waals surface area contributed by atoms with Gasteiger partial charge in [0, 0.05) is 33.2 Å². The molecule has 1 aliphatic rings. The highest BCUT2D eigenvalue weighted by atomic mass is 16.5. The molecule has 0 bridgehead atoms. The highest BCUT2D eigenvalue weighted by Crippen LogP contribution is 2.30. The number of nitrogens with zero attached hydrogens (tertiary/aromatic N) is 3. The number of carboxylic acid groups (broad SMARTS) is 1. The molecule has 1 fully saturated rings. The van der Waals surface area contributed by atoms with Crippen LogP contribution in [0.25, 0.3) is 0 Å². The molecule has 1 aliphatic heterocycles. The lowest BCUT2D eigenvalue weighted by Gasteiger charge is -2.44.